The normalized spacial score (nSPS) is 16.9. The van der Waals surface area contributed by atoms with Crippen molar-refractivity contribution in [2.24, 2.45) is 0 Å². The molecule has 2 aromatic rings. The molecule has 0 bridgehead atoms. The fourth-order valence-corrected chi connectivity index (χ4v) is 3.36. The Kier molecular flexibility index (Phi) is 5.27. The lowest BCUT2D eigenvalue weighted by Crippen LogP contribution is -2.45. The van der Waals surface area contributed by atoms with Crippen LogP contribution in [0.3, 0.4) is 0 Å². The molecule has 0 saturated heterocycles. The maximum atomic E-state index is 12.9. The number of carbonyl (C=O) groups excluding carboxylic acids is 1. The topological polar surface area (TPSA) is 53.2 Å². The number of hydrogen-bond donors (Lipinski definition) is 3. The minimum atomic E-state index is -0.397. The Balaban J connectivity index is 1.96. The summed E-state index contributed by atoms with van der Waals surface area (Å²) in [5.41, 5.74) is 2.70. The molecule has 7 heteroatoms. The molecule has 4 nitrogen and oxygen atoms in total. The number of amides is 1. The summed E-state index contributed by atoms with van der Waals surface area (Å²) in [4.78, 5) is 12.9. The number of halogens is 2. The maximum absolute atomic E-state index is 12.9. The smallest absolute Gasteiger partial charge is 0.255 e. The lowest BCUT2D eigenvalue weighted by Gasteiger charge is -2.30. The van der Waals surface area contributed by atoms with Gasteiger partial charge in [-0.1, -0.05) is 41.4 Å². The van der Waals surface area contributed by atoms with Crippen LogP contribution in [0.1, 0.15) is 18.5 Å². The molecule has 25 heavy (non-hydrogen) atoms. The molecule has 1 atom stereocenters. The van der Waals surface area contributed by atoms with Gasteiger partial charge in [-0.25, -0.2) is 0 Å². The minimum Gasteiger partial charge on any atom is -0.351 e. The van der Waals surface area contributed by atoms with Crippen LogP contribution in [0.25, 0.3) is 0 Å². The van der Waals surface area contributed by atoms with Crippen molar-refractivity contribution in [3.63, 3.8) is 0 Å². The van der Waals surface area contributed by atoms with Gasteiger partial charge < -0.3 is 16.0 Å². The number of nitrogens with one attached hydrogen (secondary N) is 3. The van der Waals surface area contributed by atoms with E-state index in [9.17, 15) is 4.79 Å². The minimum absolute atomic E-state index is 0.243. The first-order valence-corrected chi connectivity index (χ1v) is 8.71. The first-order valence-electron chi connectivity index (χ1n) is 7.54. The van der Waals surface area contributed by atoms with Crippen molar-refractivity contribution < 1.29 is 4.79 Å². The molecule has 3 rings (SSSR count). The Morgan fingerprint density at radius 1 is 1.12 bits per heavy atom. The van der Waals surface area contributed by atoms with Crippen molar-refractivity contribution in [2.75, 3.05) is 5.32 Å². The van der Waals surface area contributed by atoms with Crippen LogP contribution in [0.15, 0.2) is 59.8 Å². The van der Waals surface area contributed by atoms with Gasteiger partial charge in [0.05, 0.1) is 11.6 Å². The van der Waals surface area contributed by atoms with E-state index in [1.165, 1.54) is 0 Å². The summed E-state index contributed by atoms with van der Waals surface area (Å²) in [5, 5.41) is 10.6. The third-order valence-electron chi connectivity index (χ3n) is 3.78. The Hall–Kier alpha value is -2.08. The molecule has 0 aliphatic carbocycles. The molecule has 128 valence electrons. The number of carbonyl (C=O) groups is 1. The van der Waals surface area contributed by atoms with Crippen LogP contribution in [0.4, 0.5) is 5.69 Å². The van der Waals surface area contributed by atoms with E-state index >= 15 is 0 Å². The van der Waals surface area contributed by atoms with Gasteiger partial charge in [0, 0.05) is 21.4 Å². The zero-order valence-corrected chi connectivity index (χ0v) is 15.6. The number of anilines is 1. The van der Waals surface area contributed by atoms with Gasteiger partial charge in [0.15, 0.2) is 5.11 Å². The fourth-order valence-electron chi connectivity index (χ4n) is 2.70. The van der Waals surface area contributed by atoms with E-state index in [0.29, 0.717) is 32.1 Å². The average molecular weight is 392 g/mol. The second kappa shape index (κ2) is 7.44. The molecule has 2 aromatic carbocycles. The van der Waals surface area contributed by atoms with Crippen molar-refractivity contribution in [3.05, 3.63) is 75.4 Å². The van der Waals surface area contributed by atoms with E-state index < -0.39 is 6.04 Å². The summed E-state index contributed by atoms with van der Waals surface area (Å²) in [6.45, 7) is 1.82. The lowest BCUT2D eigenvalue weighted by molar-refractivity contribution is -0.113. The lowest BCUT2D eigenvalue weighted by atomic mass is 9.95. The van der Waals surface area contributed by atoms with E-state index in [2.05, 4.69) is 16.0 Å². The first-order chi connectivity index (χ1) is 11.9. The molecular weight excluding hydrogens is 377 g/mol. The van der Waals surface area contributed by atoms with Crippen LogP contribution in [0.2, 0.25) is 10.0 Å². The molecule has 1 heterocycles. The van der Waals surface area contributed by atoms with E-state index in [1.54, 1.807) is 30.3 Å². The first kappa shape index (κ1) is 17.7. The maximum Gasteiger partial charge on any atom is 0.255 e. The molecule has 3 N–H and O–H groups in total. The Morgan fingerprint density at radius 2 is 1.80 bits per heavy atom. The van der Waals surface area contributed by atoms with Gasteiger partial charge in [0.1, 0.15) is 0 Å². The molecule has 0 aromatic heterocycles. The second-order valence-corrected chi connectivity index (χ2v) is 6.87. The van der Waals surface area contributed by atoms with Crippen LogP contribution in [-0.2, 0) is 4.79 Å². The summed E-state index contributed by atoms with van der Waals surface area (Å²) in [5.74, 6) is -0.243. The molecule has 0 saturated carbocycles. The van der Waals surface area contributed by atoms with E-state index in [4.69, 9.17) is 35.4 Å². The average Bonchev–Trinajstić information content (AvgIpc) is 2.54. The van der Waals surface area contributed by atoms with Gasteiger partial charge in [-0.2, -0.15) is 0 Å². The van der Waals surface area contributed by atoms with Crippen molar-refractivity contribution in [3.8, 4) is 0 Å². The zero-order chi connectivity index (χ0) is 18.0. The largest absolute Gasteiger partial charge is 0.351 e. The zero-order valence-electron chi connectivity index (χ0n) is 13.3. The van der Waals surface area contributed by atoms with Gasteiger partial charge in [0.2, 0.25) is 0 Å². The molecule has 1 amide bonds. The number of thiocarbonyl (C=S) groups is 1. The van der Waals surface area contributed by atoms with Gasteiger partial charge in [-0.3, -0.25) is 4.79 Å². The standard InChI is InChI=1S/C18H15Cl2N3OS/c1-10-15(17(24)22-14-7-3-6-13(20)9-14)16(23-18(25)21-10)11-4-2-5-12(19)8-11/h2-9,16H,1H3,(H,22,24)(H2,21,23,25)/t16-/m1/s1. The second-order valence-electron chi connectivity index (χ2n) is 5.59. The van der Waals surface area contributed by atoms with Crippen molar-refractivity contribution >= 4 is 52.1 Å². The molecule has 1 aliphatic heterocycles. The van der Waals surface area contributed by atoms with Crippen LogP contribution in [0, 0.1) is 0 Å². The highest BCUT2D eigenvalue weighted by Crippen LogP contribution is 2.29. The van der Waals surface area contributed by atoms with Gasteiger partial charge in [-0.05, 0) is 55.0 Å². The van der Waals surface area contributed by atoms with Gasteiger partial charge >= 0.3 is 0 Å². The number of hydrogen-bond acceptors (Lipinski definition) is 2. The SMILES string of the molecule is CC1=C(C(=O)Nc2cccc(Cl)c2)[C@@H](c2cccc(Cl)c2)NC(=S)N1. The van der Waals surface area contributed by atoms with Crippen LogP contribution < -0.4 is 16.0 Å². The van der Waals surface area contributed by atoms with Crippen LogP contribution >= 0.6 is 35.4 Å². The van der Waals surface area contributed by atoms with Gasteiger partial charge in [-0.15, -0.1) is 0 Å². The predicted octanol–water partition coefficient (Wildman–Crippen LogP) is 4.42. The quantitative estimate of drug-likeness (QED) is 0.677. The van der Waals surface area contributed by atoms with E-state index in [-0.39, 0.29) is 5.91 Å². The Morgan fingerprint density at radius 3 is 2.48 bits per heavy atom. The Labute approximate surface area is 161 Å². The fraction of sp³-hybridized carbons (Fsp3) is 0.111. The summed E-state index contributed by atoms with van der Waals surface area (Å²) in [7, 11) is 0. The molecular formula is C18H15Cl2N3OS. The van der Waals surface area contributed by atoms with Crippen molar-refractivity contribution in [2.45, 2.75) is 13.0 Å². The van der Waals surface area contributed by atoms with Crippen LogP contribution in [-0.4, -0.2) is 11.0 Å². The highest BCUT2D eigenvalue weighted by molar-refractivity contribution is 7.80. The van der Waals surface area contributed by atoms with E-state index in [1.807, 2.05) is 25.1 Å². The van der Waals surface area contributed by atoms with Crippen molar-refractivity contribution in [1.82, 2.24) is 10.6 Å². The highest BCUT2D eigenvalue weighted by Gasteiger charge is 2.30. The summed E-state index contributed by atoms with van der Waals surface area (Å²) in [6.07, 6.45) is 0. The molecule has 1 aliphatic rings. The molecule has 0 radical (unpaired) electrons. The van der Waals surface area contributed by atoms with Crippen molar-refractivity contribution in [1.29, 1.82) is 0 Å². The summed E-state index contributed by atoms with van der Waals surface area (Å²) >= 11 is 17.3. The monoisotopic (exact) mass is 391 g/mol. The molecule has 0 spiro atoms. The predicted molar refractivity (Wildman–Crippen MR) is 106 cm³/mol. The number of benzene rings is 2. The summed E-state index contributed by atoms with van der Waals surface area (Å²) in [6, 6.07) is 13.9. The van der Waals surface area contributed by atoms with E-state index in [0.717, 1.165) is 5.56 Å². The molecule has 0 fully saturated rings. The van der Waals surface area contributed by atoms with Gasteiger partial charge in [0.25, 0.3) is 5.91 Å². The summed E-state index contributed by atoms with van der Waals surface area (Å²) < 4.78 is 0. The Bertz CT molecular complexity index is 882. The number of allylic oxidation sites excluding steroid dienone is 1. The third kappa shape index (κ3) is 4.12. The third-order valence-corrected chi connectivity index (χ3v) is 4.47. The number of rotatable bonds is 3. The van der Waals surface area contributed by atoms with Crippen LogP contribution in [0.5, 0.6) is 0 Å². The molecule has 0 unspecified atom stereocenters. The highest BCUT2D eigenvalue weighted by atomic mass is 35.5.